The van der Waals surface area contributed by atoms with Gasteiger partial charge in [-0.3, -0.25) is 14.4 Å². The molecule has 10 heteroatoms. The van der Waals surface area contributed by atoms with Crippen molar-refractivity contribution < 1.29 is 14.4 Å². The zero-order chi connectivity index (χ0) is 17.8. The van der Waals surface area contributed by atoms with Crippen LogP contribution < -0.4 is 16.0 Å². The molecule has 3 amide bonds. The fourth-order valence-corrected chi connectivity index (χ4v) is 3.66. The molecule has 0 spiro atoms. The number of thioether (sulfide) groups is 2. The van der Waals surface area contributed by atoms with Crippen LogP contribution in [0.25, 0.3) is 0 Å². The lowest BCUT2D eigenvalue weighted by molar-refractivity contribution is -0.122. The number of amidine groups is 2. The Morgan fingerprint density at radius 3 is 2.80 bits per heavy atom. The summed E-state index contributed by atoms with van der Waals surface area (Å²) < 4.78 is 0. The van der Waals surface area contributed by atoms with Crippen molar-refractivity contribution in [2.24, 2.45) is 10.2 Å². The summed E-state index contributed by atoms with van der Waals surface area (Å²) >= 11 is 2.25. The van der Waals surface area contributed by atoms with E-state index in [-0.39, 0.29) is 23.5 Å². The van der Waals surface area contributed by atoms with E-state index in [0.717, 1.165) is 34.8 Å². The van der Waals surface area contributed by atoms with Crippen molar-refractivity contribution in [2.45, 2.75) is 18.6 Å². The lowest BCUT2D eigenvalue weighted by Crippen LogP contribution is -2.28. The maximum absolute atomic E-state index is 12.2. The highest BCUT2D eigenvalue weighted by molar-refractivity contribution is 8.15. The smallest absolute Gasteiger partial charge is 0.284 e. The summed E-state index contributed by atoms with van der Waals surface area (Å²) in [4.78, 5) is 35.2. The third-order valence-corrected chi connectivity index (χ3v) is 5.27. The average molecular weight is 377 g/mol. The van der Waals surface area contributed by atoms with Crippen LogP contribution in [0.1, 0.15) is 12.0 Å². The first-order valence-corrected chi connectivity index (χ1v) is 9.29. The van der Waals surface area contributed by atoms with Crippen molar-refractivity contribution >= 4 is 57.3 Å². The fraction of sp³-hybridized carbons (Fsp3) is 0.267. The highest BCUT2D eigenvalue weighted by Crippen LogP contribution is 2.23. The van der Waals surface area contributed by atoms with Crippen LogP contribution in [-0.2, 0) is 9.59 Å². The van der Waals surface area contributed by atoms with Gasteiger partial charge in [0.05, 0.1) is 5.75 Å². The molecule has 3 rings (SSSR count). The normalized spacial score (nSPS) is 23.0. The topological polar surface area (TPSA) is 112 Å². The van der Waals surface area contributed by atoms with E-state index in [1.54, 1.807) is 0 Å². The molecule has 1 aromatic rings. The molecule has 3 N–H and O–H groups in total. The predicted molar refractivity (Wildman–Crippen MR) is 99.8 cm³/mol. The first-order valence-electron chi connectivity index (χ1n) is 7.42. The minimum atomic E-state index is -0.560. The molecule has 8 nitrogen and oxygen atoms in total. The lowest BCUT2D eigenvalue weighted by Gasteiger charge is -2.09. The fourth-order valence-electron chi connectivity index (χ4n) is 2.15. The van der Waals surface area contributed by atoms with Crippen molar-refractivity contribution in [1.29, 1.82) is 0 Å². The van der Waals surface area contributed by atoms with E-state index in [0.29, 0.717) is 16.8 Å². The molecule has 0 bridgehead atoms. The lowest BCUT2D eigenvalue weighted by atomic mass is 10.2. The number of benzene rings is 1. The number of hydrogen-bond acceptors (Lipinski definition) is 7. The minimum Gasteiger partial charge on any atom is -0.326 e. The molecule has 2 aliphatic heterocycles. The number of nitrogens with zero attached hydrogens (tertiary/aromatic N) is 2. The van der Waals surface area contributed by atoms with E-state index < -0.39 is 5.25 Å². The average Bonchev–Trinajstić information content (AvgIpc) is 3.14. The number of nitrogens with one attached hydrogen (secondary N) is 3. The van der Waals surface area contributed by atoms with Gasteiger partial charge in [0.2, 0.25) is 11.8 Å². The summed E-state index contributed by atoms with van der Waals surface area (Å²) in [7, 11) is 0. The first kappa shape index (κ1) is 17.5. The molecular weight excluding hydrogens is 362 g/mol. The zero-order valence-corrected chi connectivity index (χ0v) is 14.9. The Morgan fingerprint density at radius 1 is 1.28 bits per heavy atom. The van der Waals surface area contributed by atoms with Gasteiger partial charge >= 0.3 is 0 Å². The summed E-state index contributed by atoms with van der Waals surface area (Å²) in [5.74, 6) is 0.344. The van der Waals surface area contributed by atoms with Crippen LogP contribution in [0.15, 0.2) is 34.5 Å². The van der Waals surface area contributed by atoms with Crippen molar-refractivity contribution in [3.63, 3.8) is 0 Å². The molecule has 25 heavy (non-hydrogen) atoms. The second-order valence-electron chi connectivity index (χ2n) is 5.32. The van der Waals surface area contributed by atoms with Gasteiger partial charge in [0.15, 0.2) is 5.17 Å². The largest absolute Gasteiger partial charge is 0.326 e. The van der Waals surface area contributed by atoms with E-state index in [9.17, 15) is 14.4 Å². The van der Waals surface area contributed by atoms with Gasteiger partial charge in [0, 0.05) is 12.1 Å². The van der Waals surface area contributed by atoms with Crippen molar-refractivity contribution in [3.8, 4) is 0 Å². The van der Waals surface area contributed by atoms with Crippen LogP contribution in [0.3, 0.4) is 0 Å². The van der Waals surface area contributed by atoms with Crippen molar-refractivity contribution in [3.05, 3.63) is 29.8 Å². The molecule has 0 aliphatic carbocycles. The number of para-hydroxylation sites is 1. The molecule has 130 valence electrons. The summed E-state index contributed by atoms with van der Waals surface area (Å²) in [6.07, 6.45) is 0.0347. The highest BCUT2D eigenvalue weighted by atomic mass is 32.2. The number of hydrogen-bond donors (Lipinski definition) is 3. The second kappa shape index (κ2) is 7.70. The maximum Gasteiger partial charge on any atom is 0.284 e. The number of carbonyl (C=O) groups is 3. The number of aryl methyl sites for hydroxylation is 1. The van der Waals surface area contributed by atoms with E-state index in [4.69, 9.17) is 0 Å². The van der Waals surface area contributed by atoms with E-state index in [1.165, 1.54) is 0 Å². The standard InChI is InChI=1S/C15H15N5O3S2/c1-8-4-2-3-5-9(8)16-12(21)6-10-13(22)18-14(25-10)20-19-11-7-24-15(23)17-11/h2-5,10H,6-7H2,1H3,(H,16,21)(H,17,19,23)(H,18,20,22)/t10-/m0/s1. The van der Waals surface area contributed by atoms with E-state index >= 15 is 0 Å². The molecule has 1 aromatic carbocycles. The molecule has 2 aliphatic rings. The minimum absolute atomic E-state index is 0.0347. The number of carbonyl (C=O) groups excluding carboxylic acids is 3. The molecular formula is C15H15N5O3S2. The number of amides is 3. The van der Waals surface area contributed by atoms with E-state index in [2.05, 4.69) is 26.2 Å². The van der Waals surface area contributed by atoms with Gasteiger partial charge in [-0.15, -0.1) is 10.2 Å². The highest BCUT2D eigenvalue weighted by Gasteiger charge is 2.32. The van der Waals surface area contributed by atoms with Gasteiger partial charge in [0.1, 0.15) is 11.1 Å². The Morgan fingerprint density at radius 2 is 2.08 bits per heavy atom. The van der Waals surface area contributed by atoms with E-state index in [1.807, 2.05) is 31.2 Å². The molecule has 0 aromatic heterocycles. The van der Waals surface area contributed by atoms with Gasteiger partial charge in [-0.1, -0.05) is 41.7 Å². The third kappa shape index (κ3) is 4.60. The van der Waals surface area contributed by atoms with Gasteiger partial charge in [-0.25, -0.2) is 0 Å². The molecule has 0 saturated carbocycles. The van der Waals surface area contributed by atoms with Crippen LogP contribution in [0.4, 0.5) is 10.5 Å². The Labute approximate surface area is 152 Å². The van der Waals surface area contributed by atoms with Crippen LogP contribution in [-0.4, -0.2) is 39.1 Å². The third-order valence-electron chi connectivity index (χ3n) is 3.41. The van der Waals surface area contributed by atoms with Crippen LogP contribution in [0.2, 0.25) is 0 Å². The Bertz CT molecular complexity index is 793. The van der Waals surface area contributed by atoms with Crippen LogP contribution in [0.5, 0.6) is 0 Å². The second-order valence-corrected chi connectivity index (χ2v) is 7.46. The van der Waals surface area contributed by atoms with Gasteiger partial charge < -0.3 is 16.0 Å². The molecule has 2 fully saturated rings. The van der Waals surface area contributed by atoms with Gasteiger partial charge in [-0.2, -0.15) is 0 Å². The molecule has 0 radical (unpaired) electrons. The quantitative estimate of drug-likeness (QED) is 0.691. The summed E-state index contributed by atoms with van der Waals surface area (Å²) in [6.45, 7) is 1.90. The molecule has 0 unspecified atom stereocenters. The predicted octanol–water partition coefficient (Wildman–Crippen LogP) is 1.68. The SMILES string of the molecule is Cc1ccccc1NC(=O)C[C@@H]1S/C(=N/N=C2/CSC(=O)N2)NC1=O. The molecule has 1 atom stereocenters. The zero-order valence-electron chi connectivity index (χ0n) is 13.2. The summed E-state index contributed by atoms with van der Waals surface area (Å²) in [6, 6.07) is 7.44. The van der Waals surface area contributed by atoms with Crippen LogP contribution >= 0.6 is 23.5 Å². The Hall–Kier alpha value is -2.33. The Kier molecular flexibility index (Phi) is 5.39. The van der Waals surface area contributed by atoms with Crippen molar-refractivity contribution in [1.82, 2.24) is 10.6 Å². The number of anilines is 1. The first-order chi connectivity index (χ1) is 12.0. The summed E-state index contributed by atoms with van der Waals surface area (Å²) in [5.41, 5.74) is 1.68. The maximum atomic E-state index is 12.2. The van der Waals surface area contributed by atoms with Crippen molar-refractivity contribution in [2.75, 3.05) is 11.1 Å². The van der Waals surface area contributed by atoms with Gasteiger partial charge in [-0.05, 0) is 18.6 Å². The molecule has 2 saturated heterocycles. The molecule has 2 heterocycles. The summed E-state index contributed by atoms with van der Waals surface area (Å²) in [5, 5.41) is 15.3. The van der Waals surface area contributed by atoms with Crippen LogP contribution in [0, 0.1) is 6.92 Å². The monoisotopic (exact) mass is 377 g/mol. The van der Waals surface area contributed by atoms with Gasteiger partial charge in [0.25, 0.3) is 5.24 Å². The Balaban J connectivity index is 1.57. The number of rotatable bonds is 4.